The molecule has 1 atom stereocenters. The molecule has 218 valence electrons. The van der Waals surface area contributed by atoms with E-state index < -0.39 is 64.9 Å². The monoisotopic (exact) mass is 606 g/mol. The highest BCUT2D eigenvalue weighted by Crippen LogP contribution is 2.51. The Labute approximate surface area is 230 Å². The number of nitrogens with zero attached hydrogens (tertiary/aromatic N) is 3. The number of amides is 2. The summed E-state index contributed by atoms with van der Waals surface area (Å²) in [5.74, 6) is -4.62. The van der Waals surface area contributed by atoms with Crippen molar-refractivity contribution in [2.45, 2.75) is 72.9 Å². The lowest BCUT2D eigenvalue weighted by Gasteiger charge is -2.34. The van der Waals surface area contributed by atoms with Gasteiger partial charge < -0.3 is 10.6 Å². The highest BCUT2D eigenvalue weighted by molar-refractivity contribution is 7.99. The Morgan fingerprint density at radius 3 is 2.33 bits per heavy atom. The van der Waals surface area contributed by atoms with E-state index in [-0.39, 0.29) is 39.2 Å². The first-order valence-corrected chi connectivity index (χ1v) is 15.1. The molecule has 0 unspecified atom stereocenters. The van der Waals surface area contributed by atoms with Gasteiger partial charge in [0.15, 0.2) is 5.03 Å². The van der Waals surface area contributed by atoms with Gasteiger partial charge in [-0.15, -0.1) is 0 Å². The molecule has 11 nitrogen and oxygen atoms in total. The number of aromatic nitrogens is 3. The summed E-state index contributed by atoms with van der Waals surface area (Å²) in [6.07, 6.45) is 0.771. The number of hydrogen-bond acceptors (Lipinski definition) is 9. The summed E-state index contributed by atoms with van der Waals surface area (Å²) < 4.78 is 83.2. The van der Waals surface area contributed by atoms with E-state index in [2.05, 4.69) is 35.3 Å². The molecule has 3 aliphatic rings. The molecule has 17 heteroatoms. The third-order valence-electron chi connectivity index (χ3n) is 7.02. The number of alkyl halides is 4. The van der Waals surface area contributed by atoms with Crippen LogP contribution in [0.15, 0.2) is 32.9 Å². The average molecular weight is 607 g/mol. The van der Waals surface area contributed by atoms with E-state index in [1.807, 2.05) is 0 Å². The molecule has 0 aromatic carbocycles. The zero-order valence-corrected chi connectivity index (χ0v) is 22.5. The molecule has 3 N–H and O–H groups in total. The molecule has 0 radical (unpaired) electrons. The number of carbonyl (C=O) groups excluding carboxylic acids is 2. The first kappa shape index (κ1) is 28.7. The molecule has 5 rings (SSSR count). The summed E-state index contributed by atoms with van der Waals surface area (Å²) in [6, 6.07) is 0.552. The van der Waals surface area contributed by atoms with Gasteiger partial charge in [-0.2, -0.15) is 0 Å². The van der Waals surface area contributed by atoms with Gasteiger partial charge in [-0.1, -0.05) is 11.8 Å². The van der Waals surface area contributed by atoms with Crippen LogP contribution in [0.1, 0.15) is 49.0 Å². The van der Waals surface area contributed by atoms with Crippen LogP contribution in [-0.4, -0.2) is 65.7 Å². The maximum Gasteiger partial charge on any atom is 0.277 e. The van der Waals surface area contributed by atoms with Gasteiger partial charge in [0.05, 0.1) is 5.75 Å². The lowest BCUT2D eigenvalue weighted by atomic mass is 9.88. The summed E-state index contributed by atoms with van der Waals surface area (Å²) >= 11 is 0.606. The van der Waals surface area contributed by atoms with Crippen LogP contribution in [0.2, 0.25) is 0 Å². The Morgan fingerprint density at radius 2 is 1.77 bits per heavy atom. The molecule has 0 spiro atoms. The van der Waals surface area contributed by atoms with Crippen LogP contribution >= 0.6 is 11.8 Å². The van der Waals surface area contributed by atoms with Crippen LogP contribution < -0.4 is 15.4 Å². The van der Waals surface area contributed by atoms with Gasteiger partial charge in [-0.05, 0) is 65.9 Å². The van der Waals surface area contributed by atoms with Gasteiger partial charge in [-0.3, -0.25) is 9.59 Å². The number of anilines is 1. The van der Waals surface area contributed by atoms with E-state index in [0.29, 0.717) is 11.8 Å². The lowest BCUT2D eigenvalue weighted by Crippen LogP contribution is -2.50. The Hall–Kier alpha value is -2.79. The Morgan fingerprint density at radius 1 is 1.10 bits per heavy atom. The average Bonchev–Trinajstić information content (AvgIpc) is 3.81. The van der Waals surface area contributed by atoms with Crippen LogP contribution in [-0.2, 0) is 14.8 Å². The fourth-order valence-corrected chi connectivity index (χ4v) is 6.66. The molecule has 0 saturated heterocycles. The lowest BCUT2D eigenvalue weighted by molar-refractivity contribution is -0.119. The third-order valence-corrected chi connectivity index (χ3v) is 9.48. The van der Waals surface area contributed by atoms with Crippen molar-refractivity contribution < 1.29 is 40.2 Å². The summed E-state index contributed by atoms with van der Waals surface area (Å²) in [5, 5.41) is 12.2. The van der Waals surface area contributed by atoms with Crippen LogP contribution in [0, 0.1) is 17.8 Å². The topological polar surface area (TPSA) is 156 Å². The fourth-order valence-electron chi connectivity index (χ4n) is 4.84. The maximum atomic E-state index is 13.4. The quantitative estimate of drug-likeness (QED) is 0.230. The largest absolute Gasteiger partial charge is 0.338 e. The van der Waals surface area contributed by atoms with Crippen molar-refractivity contribution in [2.24, 2.45) is 17.8 Å². The van der Waals surface area contributed by atoms with E-state index in [1.165, 1.54) is 12.1 Å². The van der Waals surface area contributed by atoms with Gasteiger partial charge in [0.25, 0.3) is 11.8 Å². The van der Waals surface area contributed by atoms with E-state index in [4.69, 9.17) is 0 Å². The first-order chi connectivity index (χ1) is 18.9. The molecule has 2 amide bonds. The van der Waals surface area contributed by atoms with Crippen molar-refractivity contribution in [2.75, 3.05) is 11.1 Å². The second-order valence-corrected chi connectivity index (χ2v) is 13.0. The smallest absolute Gasteiger partial charge is 0.277 e. The fraction of sp³-hybridized carbons (Fsp3) is 0.609. The van der Waals surface area contributed by atoms with Gasteiger partial charge in [0, 0.05) is 25.1 Å². The molecule has 3 fully saturated rings. The van der Waals surface area contributed by atoms with Crippen molar-refractivity contribution in [3.05, 3.63) is 24.0 Å². The third kappa shape index (κ3) is 6.91. The zero-order valence-electron chi connectivity index (χ0n) is 20.9. The van der Waals surface area contributed by atoms with Gasteiger partial charge in [0.1, 0.15) is 16.8 Å². The molecular formula is C23H26F4N6O5S2. The SMILES string of the molecule is O=C(N[C@H](C(=O)Nc1ccc(S(=O)(=O)NC2CC(F)(F)C2)cn1)C(C1CC1)C1CC1)c1nonc1SCC(F)F. The minimum atomic E-state index is -4.09. The standard InChI is InChI=1S/C23H26F4N6O5S2/c24-15(25)10-39-22-19(31-38-32-22)21(35)30-18(17(11-1-2-11)12-3-4-12)20(34)29-16-6-5-14(9-28-16)40(36,37)33-13-7-23(26,27)8-13/h5-6,9,11-13,15,17-18,33H,1-4,7-8,10H2,(H,30,35)(H,28,29,34)/t18-/m0/s1. The summed E-state index contributed by atoms with van der Waals surface area (Å²) in [7, 11) is -4.09. The van der Waals surface area contributed by atoms with Crippen LogP contribution in [0.25, 0.3) is 0 Å². The van der Waals surface area contributed by atoms with E-state index in [9.17, 15) is 35.6 Å². The summed E-state index contributed by atoms with van der Waals surface area (Å²) in [4.78, 5) is 30.2. The summed E-state index contributed by atoms with van der Waals surface area (Å²) in [5.41, 5.74) is -0.307. The molecule has 2 aromatic rings. The van der Waals surface area contributed by atoms with Crippen LogP contribution in [0.5, 0.6) is 0 Å². The van der Waals surface area contributed by atoms with E-state index in [1.54, 1.807) is 0 Å². The molecule has 0 bridgehead atoms. The number of hydrogen-bond donors (Lipinski definition) is 3. The van der Waals surface area contributed by atoms with E-state index in [0.717, 1.165) is 31.9 Å². The molecular weight excluding hydrogens is 580 g/mol. The van der Waals surface area contributed by atoms with E-state index >= 15 is 0 Å². The maximum absolute atomic E-state index is 13.4. The molecule has 2 aromatic heterocycles. The predicted molar refractivity (Wildman–Crippen MR) is 132 cm³/mol. The van der Waals surface area contributed by atoms with Crippen LogP contribution in [0.3, 0.4) is 0 Å². The second-order valence-electron chi connectivity index (χ2n) is 10.3. The number of halogens is 4. The Balaban J connectivity index is 1.28. The highest BCUT2D eigenvalue weighted by Gasteiger charge is 2.49. The van der Waals surface area contributed by atoms with Gasteiger partial charge in [0.2, 0.25) is 28.0 Å². The van der Waals surface area contributed by atoms with Crippen molar-refractivity contribution >= 4 is 39.4 Å². The normalized spacial score (nSPS) is 19.9. The summed E-state index contributed by atoms with van der Waals surface area (Å²) in [6.45, 7) is 0. The first-order valence-electron chi connectivity index (χ1n) is 12.6. The number of sulfonamides is 1. The van der Waals surface area contributed by atoms with Crippen molar-refractivity contribution in [1.82, 2.24) is 25.3 Å². The molecule has 3 aliphatic carbocycles. The number of thioether (sulfide) groups is 1. The highest BCUT2D eigenvalue weighted by atomic mass is 32.2. The number of pyridine rings is 1. The van der Waals surface area contributed by atoms with Crippen molar-refractivity contribution in [3.8, 4) is 0 Å². The van der Waals surface area contributed by atoms with Crippen LogP contribution in [0.4, 0.5) is 23.4 Å². The van der Waals surface area contributed by atoms with Gasteiger partial charge >= 0.3 is 0 Å². The predicted octanol–water partition coefficient (Wildman–Crippen LogP) is 3.07. The zero-order chi connectivity index (χ0) is 28.7. The number of nitrogens with one attached hydrogen (secondary N) is 3. The second kappa shape index (κ2) is 11.2. The van der Waals surface area contributed by atoms with Crippen molar-refractivity contribution in [1.29, 1.82) is 0 Å². The minimum absolute atomic E-state index is 0.0139. The Bertz CT molecular complexity index is 1330. The molecule has 2 heterocycles. The van der Waals surface area contributed by atoms with Crippen molar-refractivity contribution in [3.63, 3.8) is 0 Å². The Kier molecular flexibility index (Phi) is 8.07. The number of rotatable bonds is 13. The molecule has 3 saturated carbocycles. The molecule has 40 heavy (non-hydrogen) atoms. The van der Waals surface area contributed by atoms with Gasteiger partial charge in [-0.25, -0.2) is 40.3 Å². The molecule has 0 aliphatic heterocycles. The number of carbonyl (C=O) groups is 2. The minimum Gasteiger partial charge on any atom is -0.338 e.